The number of esters is 1. The summed E-state index contributed by atoms with van der Waals surface area (Å²) in [5.41, 5.74) is 0.857. The van der Waals surface area contributed by atoms with Gasteiger partial charge in [-0.05, 0) is 35.8 Å². The number of nitrogens with zero attached hydrogens (tertiary/aromatic N) is 3. The Bertz CT molecular complexity index is 536. The van der Waals surface area contributed by atoms with Crippen LogP contribution in [0.25, 0.3) is 5.65 Å². The Morgan fingerprint density at radius 2 is 2.31 bits per heavy atom. The van der Waals surface area contributed by atoms with Crippen LogP contribution in [0.15, 0.2) is 23.1 Å². The van der Waals surface area contributed by atoms with Crippen molar-refractivity contribution in [3.8, 4) is 0 Å². The first-order valence-electron chi connectivity index (χ1n) is 4.79. The molecule has 0 N–H and O–H groups in total. The number of rotatable bonds is 2. The molecule has 0 saturated heterocycles. The number of aromatic nitrogens is 3. The standard InChI is InChI=1S/C10H10BrN3O2/c1-6(2)16-10(15)7-5-12-14-4-3-8(11)13-9(7)14/h3-6H,1-2H3. The largest absolute Gasteiger partial charge is 0.459 e. The highest BCUT2D eigenvalue weighted by atomic mass is 79.9. The minimum absolute atomic E-state index is 0.158. The number of halogens is 1. The molecule has 0 radical (unpaired) electrons. The van der Waals surface area contributed by atoms with Crippen LogP contribution in [0, 0.1) is 0 Å². The van der Waals surface area contributed by atoms with E-state index >= 15 is 0 Å². The van der Waals surface area contributed by atoms with Gasteiger partial charge >= 0.3 is 5.97 Å². The summed E-state index contributed by atoms with van der Waals surface area (Å²) in [4.78, 5) is 15.9. The second-order valence-electron chi connectivity index (χ2n) is 3.53. The summed E-state index contributed by atoms with van der Waals surface area (Å²) in [5.74, 6) is -0.407. The normalized spacial score (nSPS) is 11.0. The molecule has 6 heteroatoms. The van der Waals surface area contributed by atoms with E-state index in [1.165, 1.54) is 10.7 Å². The summed E-state index contributed by atoms with van der Waals surface area (Å²) in [6, 6.07) is 1.75. The topological polar surface area (TPSA) is 56.5 Å². The smallest absolute Gasteiger partial charge is 0.343 e. The van der Waals surface area contributed by atoms with Gasteiger partial charge in [0.25, 0.3) is 0 Å². The maximum absolute atomic E-state index is 11.7. The molecule has 2 heterocycles. The van der Waals surface area contributed by atoms with E-state index in [0.717, 1.165) is 0 Å². The van der Waals surface area contributed by atoms with E-state index in [1.807, 2.05) is 0 Å². The average molecular weight is 284 g/mol. The molecule has 0 aliphatic rings. The van der Waals surface area contributed by atoms with Crippen molar-refractivity contribution >= 4 is 27.5 Å². The van der Waals surface area contributed by atoms with E-state index in [2.05, 4.69) is 26.0 Å². The van der Waals surface area contributed by atoms with Gasteiger partial charge in [-0.15, -0.1) is 0 Å². The minimum atomic E-state index is -0.407. The lowest BCUT2D eigenvalue weighted by Gasteiger charge is -2.05. The highest BCUT2D eigenvalue weighted by Gasteiger charge is 2.16. The first kappa shape index (κ1) is 11.1. The molecular formula is C10H10BrN3O2. The molecule has 5 nitrogen and oxygen atoms in total. The van der Waals surface area contributed by atoms with Gasteiger partial charge in [0.15, 0.2) is 5.65 Å². The molecule has 0 aromatic carbocycles. The summed E-state index contributed by atoms with van der Waals surface area (Å²) in [6.07, 6.45) is 3.02. The summed E-state index contributed by atoms with van der Waals surface area (Å²) in [5, 5.41) is 4.02. The molecule has 0 atom stereocenters. The molecule has 0 spiro atoms. The number of hydrogen-bond donors (Lipinski definition) is 0. The van der Waals surface area contributed by atoms with E-state index in [-0.39, 0.29) is 6.10 Å². The zero-order valence-corrected chi connectivity index (χ0v) is 10.4. The van der Waals surface area contributed by atoms with Gasteiger partial charge in [0, 0.05) is 6.20 Å². The molecule has 16 heavy (non-hydrogen) atoms. The first-order chi connectivity index (χ1) is 7.58. The van der Waals surface area contributed by atoms with Crippen molar-refractivity contribution in [3.05, 3.63) is 28.6 Å². The molecule has 0 amide bonds. The molecular weight excluding hydrogens is 274 g/mol. The van der Waals surface area contributed by atoms with Crippen molar-refractivity contribution in [3.63, 3.8) is 0 Å². The zero-order valence-electron chi connectivity index (χ0n) is 8.85. The predicted octanol–water partition coefficient (Wildman–Crippen LogP) is 2.06. The number of carbonyl (C=O) groups excluding carboxylic acids is 1. The molecule has 0 bridgehead atoms. The van der Waals surface area contributed by atoms with Crippen molar-refractivity contribution in [1.29, 1.82) is 0 Å². The Morgan fingerprint density at radius 1 is 1.56 bits per heavy atom. The van der Waals surface area contributed by atoms with Crippen LogP contribution in [0.5, 0.6) is 0 Å². The van der Waals surface area contributed by atoms with Crippen molar-refractivity contribution < 1.29 is 9.53 Å². The predicted molar refractivity (Wildman–Crippen MR) is 61.2 cm³/mol. The van der Waals surface area contributed by atoms with Crippen LogP contribution in [0.1, 0.15) is 24.2 Å². The van der Waals surface area contributed by atoms with E-state index < -0.39 is 5.97 Å². The second-order valence-corrected chi connectivity index (χ2v) is 4.34. The number of carbonyl (C=O) groups is 1. The van der Waals surface area contributed by atoms with E-state index in [1.54, 1.807) is 26.1 Å². The summed E-state index contributed by atoms with van der Waals surface area (Å²) in [6.45, 7) is 3.60. The fraction of sp³-hybridized carbons (Fsp3) is 0.300. The Kier molecular flexibility index (Phi) is 2.91. The molecule has 2 rings (SSSR count). The average Bonchev–Trinajstić information content (AvgIpc) is 2.59. The van der Waals surface area contributed by atoms with Crippen LogP contribution < -0.4 is 0 Å². The molecule has 0 aliphatic heterocycles. The molecule has 2 aromatic rings. The quantitative estimate of drug-likeness (QED) is 0.625. The maximum atomic E-state index is 11.7. The Labute approximate surface area is 101 Å². The van der Waals surface area contributed by atoms with Gasteiger partial charge in [0.1, 0.15) is 10.2 Å². The number of ether oxygens (including phenoxy) is 1. The second kappa shape index (κ2) is 4.21. The van der Waals surface area contributed by atoms with Gasteiger partial charge < -0.3 is 4.74 Å². The molecule has 2 aromatic heterocycles. The van der Waals surface area contributed by atoms with Crippen LogP contribution in [0.4, 0.5) is 0 Å². The Morgan fingerprint density at radius 3 is 3.00 bits per heavy atom. The van der Waals surface area contributed by atoms with E-state index in [0.29, 0.717) is 15.8 Å². The van der Waals surface area contributed by atoms with Gasteiger partial charge in [0.05, 0.1) is 12.3 Å². The Hall–Kier alpha value is -1.43. The summed E-state index contributed by atoms with van der Waals surface area (Å²) in [7, 11) is 0. The molecule has 0 fully saturated rings. The van der Waals surface area contributed by atoms with Crippen LogP contribution in [-0.4, -0.2) is 26.7 Å². The van der Waals surface area contributed by atoms with Crippen LogP contribution in [0.2, 0.25) is 0 Å². The van der Waals surface area contributed by atoms with Gasteiger partial charge in [-0.3, -0.25) is 0 Å². The highest BCUT2D eigenvalue weighted by molar-refractivity contribution is 9.10. The van der Waals surface area contributed by atoms with Gasteiger partial charge in [-0.2, -0.15) is 5.10 Å². The fourth-order valence-electron chi connectivity index (χ4n) is 1.27. The lowest BCUT2D eigenvalue weighted by atomic mass is 10.3. The van der Waals surface area contributed by atoms with E-state index in [4.69, 9.17) is 4.74 Å². The van der Waals surface area contributed by atoms with Gasteiger partial charge in [0.2, 0.25) is 0 Å². The van der Waals surface area contributed by atoms with Crippen molar-refractivity contribution in [2.45, 2.75) is 20.0 Å². The third-order valence-electron chi connectivity index (χ3n) is 1.90. The van der Waals surface area contributed by atoms with Crippen molar-refractivity contribution in [2.75, 3.05) is 0 Å². The van der Waals surface area contributed by atoms with E-state index in [9.17, 15) is 4.79 Å². The van der Waals surface area contributed by atoms with Crippen molar-refractivity contribution in [2.24, 2.45) is 0 Å². The van der Waals surface area contributed by atoms with Crippen molar-refractivity contribution in [1.82, 2.24) is 14.6 Å². The monoisotopic (exact) mass is 283 g/mol. The third kappa shape index (κ3) is 2.06. The number of hydrogen-bond acceptors (Lipinski definition) is 4. The molecule has 0 saturated carbocycles. The number of fused-ring (bicyclic) bond motifs is 1. The van der Waals surface area contributed by atoms with Crippen LogP contribution >= 0.6 is 15.9 Å². The van der Waals surface area contributed by atoms with Gasteiger partial charge in [-0.25, -0.2) is 14.3 Å². The highest BCUT2D eigenvalue weighted by Crippen LogP contribution is 2.13. The fourth-order valence-corrected chi connectivity index (χ4v) is 1.55. The third-order valence-corrected chi connectivity index (χ3v) is 2.34. The molecule has 0 unspecified atom stereocenters. The lowest BCUT2D eigenvalue weighted by molar-refractivity contribution is 0.0380. The summed E-state index contributed by atoms with van der Waals surface area (Å²) >= 11 is 3.25. The lowest BCUT2D eigenvalue weighted by Crippen LogP contribution is -2.11. The minimum Gasteiger partial charge on any atom is -0.459 e. The SMILES string of the molecule is CC(C)OC(=O)c1cnn2ccc(Br)nc12. The van der Waals surface area contributed by atoms with Crippen LogP contribution in [0.3, 0.4) is 0 Å². The summed E-state index contributed by atoms with van der Waals surface area (Å²) < 4.78 is 7.28. The maximum Gasteiger partial charge on any atom is 0.343 e. The Balaban J connectivity index is 2.44. The zero-order chi connectivity index (χ0) is 11.7. The molecule has 84 valence electrons. The van der Waals surface area contributed by atoms with Gasteiger partial charge in [-0.1, -0.05) is 0 Å². The first-order valence-corrected chi connectivity index (χ1v) is 5.58. The van der Waals surface area contributed by atoms with Crippen LogP contribution in [-0.2, 0) is 4.74 Å². The molecule has 0 aliphatic carbocycles.